The van der Waals surface area contributed by atoms with E-state index < -0.39 is 0 Å². The van der Waals surface area contributed by atoms with Gasteiger partial charge < -0.3 is 0 Å². The first kappa shape index (κ1) is 10.6. The Kier molecular flexibility index (Phi) is 3.12. The normalized spacial score (nSPS) is 9.71. The number of anilines is 1. The first-order chi connectivity index (χ1) is 6.52. The van der Waals surface area contributed by atoms with Gasteiger partial charge in [-0.2, -0.15) is 0 Å². The molecule has 3 nitrogen and oxygen atoms in total. The number of hydrazine groups is 1. The molecule has 0 saturated heterocycles. The van der Waals surface area contributed by atoms with E-state index in [1.807, 2.05) is 43.2 Å². The number of hydrogen-bond acceptors (Lipinski definition) is 2. The lowest BCUT2D eigenvalue weighted by atomic mass is 10.2. The van der Waals surface area contributed by atoms with Crippen molar-refractivity contribution in [1.29, 1.82) is 0 Å². The van der Waals surface area contributed by atoms with Crippen LogP contribution in [0.3, 0.4) is 0 Å². The number of aryl methyl sites for hydroxylation is 1. The van der Waals surface area contributed by atoms with Gasteiger partial charge in [0, 0.05) is 21.0 Å². The highest BCUT2D eigenvalue weighted by Crippen LogP contribution is 2.14. The molecule has 1 aromatic carbocycles. The molecule has 1 rings (SSSR count). The molecule has 0 aliphatic carbocycles. The van der Waals surface area contributed by atoms with Gasteiger partial charge in [-0.3, -0.25) is 14.8 Å². The quantitative estimate of drug-likeness (QED) is 0.667. The smallest absolute Gasteiger partial charge is 0.237 e. The molecule has 0 aliphatic heterocycles. The fourth-order valence-corrected chi connectivity index (χ4v) is 1.14. The van der Waals surface area contributed by atoms with Gasteiger partial charge in [0.2, 0.25) is 5.91 Å². The molecule has 0 unspecified atom stereocenters. The predicted octanol–water partition coefficient (Wildman–Crippen LogP) is 1.82. The zero-order valence-corrected chi connectivity index (χ0v) is 9.11. The topological polar surface area (TPSA) is 23.6 Å². The maximum absolute atomic E-state index is 11.1. The average Bonchev–Trinajstić information content (AvgIpc) is 2.16. The van der Waals surface area contributed by atoms with E-state index in [0.717, 1.165) is 5.69 Å². The Labute approximate surface area is 84.9 Å². The van der Waals surface area contributed by atoms with Crippen LogP contribution in [-0.4, -0.2) is 25.0 Å². The van der Waals surface area contributed by atoms with Gasteiger partial charge in [0.05, 0.1) is 5.69 Å². The second-order valence-electron chi connectivity index (χ2n) is 3.40. The van der Waals surface area contributed by atoms with Crippen LogP contribution in [0.25, 0.3) is 0 Å². The summed E-state index contributed by atoms with van der Waals surface area (Å²) in [6.45, 7) is 3.59. The molecule has 0 aliphatic rings. The van der Waals surface area contributed by atoms with Crippen LogP contribution in [0, 0.1) is 6.92 Å². The lowest BCUT2D eigenvalue weighted by molar-refractivity contribution is -0.127. The maximum Gasteiger partial charge on any atom is 0.237 e. The van der Waals surface area contributed by atoms with Crippen LogP contribution in [0.5, 0.6) is 0 Å². The van der Waals surface area contributed by atoms with E-state index in [1.165, 1.54) is 5.56 Å². The number of nitrogens with zero attached hydrogens (tertiary/aromatic N) is 2. The number of amides is 1. The fourth-order valence-electron chi connectivity index (χ4n) is 1.14. The van der Waals surface area contributed by atoms with Gasteiger partial charge in [0.25, 0.3) is 0 Å². The van der Waals surface area contributed by atoms with Gasteiger partial charge in [0.15, 0.2) is 0 Å². The van der Waals surface area contributed by atoms with Crippen LogP contribution >= 0.6 is 0 Å². The summed E-state index contributed by atoms with van der Waals surface area (Å²) in [5.41, 5.74) is 2.22. The first-order valence-corrected chi connectivity index (χ1v) is 4.57. The Bertz CT molecular complexity index is 319. The van der Waals surface area contributed by atoms with Crippen LogP contribution in [0.2, 0.25) is 0 Å². The molecule has 1 aromatic rings. The maximum atomic E-state index is 11.1. The second-order valence-corrected chi connectivity index (χ2v) is 3.40. The van der Waals surface area contributed by atoms with Crippen LogP contribution in [0.1, 0.15) is 12.5 Å². The van der Waals surface area contributed by atoms with Gasteiger partial charge in [0.1, 0.15) is 0 Å². The summed E-state index contributed by atoms with van der Waals surface area (Å²) in [6.07, 6.45) is 0. The summed E-state index contributed by atoms with van der Waals surface area (Å²) in [7, 11) is 3.62. The molecule has 0 N–H and O–H groups in total. The van der Waals surface area contributed by atoms with E-state index in [9.17, 15) is 4.79 Å². The van der Waals surface area contributed by atoms with E-state index in [2.05, 4.69) is 0 Å². The van der Waals surface area contributed by atoms with E-state index in [0.29, 0.717) is 0 Å². The summed E-state index contributed by atoms with van der Waals surface area (Å²) in [4.78, 5) is 11.1. The third kappa shape index (κ3) is 2.25. The van der Waals surface area contributed by atoms with Gasteiger partial charge in [-0.05, 0) is 19.1 Å². The zero-order valence-electron chi connectivity index (χ0n) is 9.11. The van der Waals surface area contributed by atoms with E-state index >= 15 is 0 Å². The highest BCUT2D eigenvalue weighted by Gasteiger charge is 2.08. The molecule has 76 valence electrons. The van der Waals surface area contributed by atoms with Crippen molar-refractivity contribution < 1.29 is 4.79 Å². The van der Waals surface area contributed by atoms with Gasteiger partial charge in [-0.15, -0.1) is 0 Å². The highest BCUT2D eigenvalue weighted by atomic mass is 16.2. The summed E-state index contributed by atoms with van der Waals surface area (Å²) in [6, 6.07) is 8.04. The minimum Gasteiger partial charge on any atom is -0.286 e. The number of benzene rings is 1. The largest absolute Gasteiger partial charge is 0.286 e. The van der Waals surface area contributed by atoms with Crippen molar-refractivity contribution in [2.75, 3.05) is 19.1 Å². The van der Waals surface area contributed by atoms with Crippen molar-refractivity contribution in [3.63, 3.8) is 0 Å². The molecule has 0 fully saturated rings. The summed E-state index contributed by atoms with van der Waals surface area (Å²) < 4.78 is 0. The molecule has 14 heavy (non-hydrogen) atoms. The standard InChI is InChI=1S/C11H16N2O/c1-9-5-7-11(8-6-9)13(4)12(3)10(2)14/h5-8H,1-4H3. The molecule has 1 amide bonds. The number of carbonyl (C=O) groups is 1. The van der Waals surface area contributed by atoms with Crippen LogP contribution in [0.4, 0.5) is 5.69 Å². The predicted molar refractivity (Wildman–Crippen MR) is 58.0 cm³/mol. The van der Waals surface area contributed by atoms with Gasteiger partial charge in [-0.25, -0.2) is 0 Å². The molecule has 0 bridgehead atoms. The van der Waals surface area contributed by atoms with Crippen LogP contribution in [-0.2, 0) is 4.79 Å². The molecule has 0 radical (unpaired) electrons. The van der Waals surface area contributed by atoms with Crippen molar-refractivity contribution in [2.24, 2.45) is 0 Å². The molecule has 0 saturated carbocycles. The molecule has 0 aromatic heterocycles. The van der Waals surface area contributed by atoms with Crippen molar-refractivity contribution in [3.05, 3.63) is 29.8 Å². The Morgan fingerprint density at radius 1 is 1.14 bits per heavy atom. The van der Waals surface area contributed by atoms with Crippen LogP contribution < -0.4 is 5.01 Å². The van der Waals surface area contributed by atoms with E-state index in [-0.39, 0.29) is 5.91 Å². The second kappa shape index (κ2) is 4.13. The monoisotopic (exact) mass is 192 g/mol. The van der Waals surface area contributed by atoms with Crippen molar-refractivity contribution in [3.8, 4) is 0 Å². The summed E-state index contributed by atoms with van der Waals surface area (Å²) in [5, 5.41) is 3.40. The minimum absolute atomic E-state index is 0.0214. The molecule has 0 heterocycles. The van der Waals surface area contributed by atoms with E-state index in [4.69, 9.17) is 0 Å². The summed E-state index contributed by atoms with van der Waals surface area (Å²) >= 11 is 0. The molecule has 0 atom stereocenters. The third-order valence-electron chi connectivity index (χ3n) is 2.31. The Morgan fingerprint density at radius 3 is 2.07 bits per heavy atom. The fraction of sp³-hybridized carbons (Fsp3) is 0.364. The first-order valence-electron chi connectivity index (χ1n) is 4.57. The molecule has 0 spiro atoms. The Morgan fingerprint density at radius 2 is 1.64 bits per heavy atom. The van der Waals surface area contributed by atoms with Crippen molar-refractivity contribution in [1.82, 2.24) is 5.01 Å². The lowest BCUT2D eigenvalue weighted by Gasteiger charge is -2.29. The average molecular weight is 192 g/mol. The van der Waals surface area contributed by atoms with Crippen LogP contribution in [0.15, 0.2) is 24.3 Å². The molecular formula is C11H16N2O. The SMILES string of the molecule is CC(=O)N(C)N(C)c1ccc(C)cc1. The molecular weight excluding hydrogens is 176 g/mol. The Balaban J connectivity index is 2.84. The van der Waals surface area contributed by atoms with E-state index in [1.54, 1.807) is 19.0 Å². The van der Waals surface area contributed by atoms with Gasteiger partial charge in [-0.1, -0.05) is 17.7 Å². The Hall–Kier alpha value is -1.51. The highest BCUT2D eigenvalue weighted by molar-refractivity contribution is 5.75. The minimum atomic E-state index is 0.0214. The number of rotatable bonds is 2. The zero-order chi connectivity index (χ0) is 10.7. The van der Waals surface area contributed by atoms with Gasteiger partial charge >= 0.3 is 0 Å². The number of hydrogen-bond donors (Lipinski definition) is 0. The molecule has 3 heteroatoms. The summed E-state index contributed by atoms with van der Waals surface area (Å²) in [5.74, 6) is 0.0214. The lowest BCUT2D eigenvalue weighted by Crippen LogP contribution is -2.39. The number of carbonyl (C=O) groups excluding carboxylic acids is 1. The van der Waals surface area contributed by atoms with Crippen molar-refractivity contribution in [2.45, 2.75) is 13.8 Å². The third-order valence-corrected chi connectivity index (χ3v) is 2.31. The van der Waals surface area contributed by atoms with Crippen molar-refractivity contribution >= 4 is 11.6 Å².